The molecule has 1 N–H and O–H groups in total. The Balaban J connectivity index is 1.93. The third-order valence-electron chi connectivity index (χ3n) is 2.67. The minimum Gasteiger partial charge on any atom is -0.311 e. The molecule has 0 fully saturated rings. The zero-order chi connectivity index (χ0) is 13.7. The molecule has 1 heterocycles. The quantitative estimate of drug-likeness (QED) is 0.500. The number of aromatic nitrogens is 2. The van der Waals surface area contributed by atoms with E-state index in [1.165, 1.54) is 6.07 Å². The number of hydrogen-bond donors (Lipinski definition) is 1. The van der Waals surface area contributed by atoms with Gasteiger partial charge >= 0.3 is 0 Å². The second kappa shape index (κ2) is 6.31. The molecule has 19 heavy (non-hydrogen) atoms. The maximum Gasteiger partial charge on any atom is 0.275 e. The molecule has 0 radical (unpaired) electrons. The first kappa shape index (κ1) is 13.5. The number of nitrogens with zero attached hydrogens (tertiary/aromatic N) is 3. The molecule has 6 nitrogen and oxygen atoms in total. The summed E-state index contributed by atoms with van der Waals surface area (Å²) in [5.74, 6) is 0. The van der Waals surface area contributed by atoms with Crippen LogP contribution < -0.4 is 5.32 Å². The zero-order valence-corrected chi connectivity index (χ0v) is 10.9. The lowest BCUT2D eigenvalue weighted by Crippen LogP contribution is -2.20. The smallest absolute Gasteiger partial charge is 0.275 e. The summed E-state index contributed by atoms with van der Waals surface area (Å²) < 4.78 is 1.79. The minimum absolute atomic E-state index is 0.0408. The van der Waals surface area contributed by atoms with E-state index in [1.54, 1.807) is 23.0 Å². The van der Waals surface area contributed by atoms with Crippen molar-refractivity contribution in [2.24, 2.45) is 0 Å². The molecule has 2 rings (SSSR count). The predicted octanol–water partition coefficient (Wildman–Crippen LogP) is 2.23. The first-order valence-corrected chi connectivity index (χ1v) is 6.16. The van der Waals surface area contributed by atoms with Gasteiger partial charge in [0, 0.05) is 31.5 Å². The topological polar surface area (TPSA) is 73.0 Å². The van der Waals surface area contributed by atoms with E-state index in [0.29, 0.717) is 30.2 Å². The molecule has 0 amide bonds. The summed E-state index contributed by atoms with van der Waals surface area (Å²) in [5.41, 5.74) is 0.550. The summed E-state index contributed by atoms with van der Waals surface area (Å²) in [4.78, 5) is 10.5. The number of nitro groups is 1. The van der Waals surface area contributed by atoms with Crippen LogP contribution >= 0.6 is 11.6 Å². The molecule has 100 valence electrons. The van der Waals surface area contributed by atoms with Gasteiger partial charge in [0.15, 0.2) is 0 Å². The van der Waals surface area contributed by atoms with Crippen molar-refractivity contribution in [2.75, 3.05) is 6.54 Å². The van der Waals surface area contributed by atoms with Crippen LogP contribution in [-0.4, -0.2) is 21.2 Å². The van der Waals surface area contributed by atoms with Crippen molar-refractivity contribution in [1.82, 2.24) is 15.1 Å². The summed E-state index contributed by atoms with van der Waals surface area (Å²) in [6.45, 7) is 1.71. The molecule has 0 saturated heterocycles. The minimum atomic E-state index is -0.420. The second-order valence-corrected chi connectivity index (χ2v) is 4.35. The highest BCUT2D eigenvalue weighted by atomic mass is 35.5. The second-order valence-electron chi connectivity index (χ2n) is 3.94. The Labute approximate surface area is 115 Å². The first-order valence-electron chi connectivity index (χ1n) is 5.78. The van der Waals surface area contributed by atoms with Gasteiger partial charge in [-0.05, 0) is 12.1 Å². The Morgan fingerprint density at radius 2 is 2.26 bits per heavy atom. The summed E-state index contributed by atoms with van der Waals surface area (Å²) in [6.07, 6.45) is 3.57. The SMILES string of the molecule is O=[N+]([O-])c1cccc(Cl)c1CNCCn1cccn1. The van der Waals surface area contributed by atoms with Crippen LogP contribution in [0, 0.1) is 10.1 Å². The van der Waals surface area contributed by atoms with Gasteiger partial charge in [-0.1, -0.05) is 17.7 Å². The predicted molar refractivity (Wildman–Crippen MR) is 72.0 cm³/mol. The molecule has 7 heteroatoms. The van der Waals surface area contributed by atoms with Gasteiger partial charge in [-0.15, -0.1) is 0 Å². The number of nitrogens with one attached hydrogen (secondary N) is 1. The molecule has 0 aliphatic heterocycles. The lowest BCUT2D eigenvalue weighted by molar-refractivity contribution is -0.385. The lowest BCUT2D eigenvalue weighted by Gasteiger charge is -2.07. The summed E-state index contributed by atoms with van der Waals surface area (Å²) >= 11 is 5.99. The summed E-state index contributed by atoms with van der Waals surface area (Å²) in [7, 11) is 0. The van der Waals surface area contributed by atoms with E-state index >= 15 is 0 Å². The summed E-state index contributed by atoms with van der Waals surface area (Å²) in [6, 6.07) is 6.53. The Hall–Kier alpha value is -1.92. The van der Waals surface area contributed by atoms with Crippen LogP contribution in [0.2, 0.25) is 5.02 Å². The standard InChI is InChI=1S/C12H13ClN4O2/c13-11-3-1-4-12(17(18)19)10(11)9-14-6-8-16-7-2-5-15-16/h1-5,7,14H,6,8-9H2. The maximum atomic E-state index is 10.9. The van der Waals surface area contributed by atoms with E-state index in [4.69, 9.17) is 11.6 Å². The van der Waals surface area contributed by atoms with Gasteiger partial charge in [0.1, 0.15) is 0 Å². The van der Waals surface area contributed by atoms with Crippen molar-refractivity contribution in [3.63, 3.8) is 0 Å². The van der Waals surface area contributed by atoms with Crippen LogP contribution in [0.3, 0.4) is 0 Å². The fourth-order valence-electron chi connectivity index (χ4n) is 1.73. The molecular weight excluding hydrogens is 268 g/mol. The monoisotopic (exact) mass is 280 g/mol. The Bertz CT molecular complexity index is 557. The molecule has 0 spiro atoms. The number of halogens is 1. The molecule has 0 aliphatic carbocycles. The van der Waals surface area contributed by atoms with Gasteiger partial charge in [-0.2, -0.15) is 5.10 Å². The lowest BCUT2D eigenvalue weighted by atomic mass is 10.2. The fourth-order valence-corrected chi connectivity index (χ4v) is 1.97. The third-order valence-corrected chi connectivity index (χ3v) is 3.02. The molecule has 0 bridgehead atoms. The highest BCUT2D eigenvalue weighted by molar-refractivity contribution is 6.31. The van der Waals surface area contributed by atoms with Crippen molar-refractivity contribution in [3.05, 3.63) is 57.4 Å². The van der Waals surface area contributed by atoms with E-state index in [9.17, 15) is 10.1 Å². The average Bonchev–Trinajstić information content (AvgIpc) is 2.88. The molecule has 0 saturated carbocycles. The molecule has 0 aliphatic rings. The number of nitro benzene ring substituents is 1. The average molecular weight is 281 g/mol. The number of benzene rings is 1. The van der Waals surface area contributed by atoms with Crippen LogP contribution in [0.5, 0.6) is 0 Å². The van der Waals surface area contributed by atoms with E-state index in [-0.39, 0.29) is 5.69 Å². The molecule has 0 unspecified atom stereocenters. The van der Waals surface area contributed by atoms with E-state index < -0.39 is 4.92 Å². The molecule has 1 aromatic carbocycles. The van der Waals surface area contributed by atoms with Crippen molar-refractivity contribution in [1.29, 1.82) is 0 Å². The van der Waals surface area contributed by atoms with Crippen LogP contribution in [0.15, 0.2) is 36.7 Å². The van der Waals surface area contributed by atoms with Gasteiger partial charge in [-0.25, -0.2) is 0 Å². The van der Waals surface area contributed by atoms with Gasteiger partial charge in [0.25, 0.3) is 5.69 Å². The molecule has 1 aromatic heterocycles. The van der Waals surface area contributed by atoms with Gasteiger partial charge in [0.2, 0.25) is 0 Å². The van der Waals surface area contributed by atoms with Crippen LogP contribution in [0.4, 0.5) is 5.69 Å². The van der Waals surface area contributed by atoms with Crippen LogP contribution in [-0.2, 0) is 13.1 Å². The first-order chi connectivity index (χ1) is 9.18. The van der Waals surface area contributed by atoms with Crippen molar-refractivity contribution in [3.8, 4) is 0 Å². The highest BCUT2D eigenvalue weighted by Crippen LogP contribution is 2.25. The largest absolute Gasteiger partial charge is 0.311 e. The van der Waals surface area contributed by atoms with Crippen LogP contribution in [0.1, 0.15) is 5.56 Å². The third kappa shape index (κ3) is 3.52. The normalized spacial score (nSPS) is 10.6. The Kier molecular flexibility index (Phi) is 4.48. The van der Waals surface area contributed by atoms with Crippen molar-refractivity contribution in [2.45, 2.75) is 13.1 Å². The molecule has 0 atom stereocenters. The van der Waals surface area contributed by atoms with Crippen molar-refractivity contribution < 1.29 is 4.92 Å². The van der Waals surface area contributed by atoms with Crippen LogP contribution in [0.25, 0.3) is 0 Å². The Morgan fingerprint density at radius 1 is 1.42 bits per heavy atom. The van der Waals surface area contributed by atoms with E-state index in [1.807, 2.05) is 12.3 Å². The van der Waals surface area contributed by atoms with Crippen molar-refractivity contribution >= 4 is 17.3 Å². The highest BCUT2D eigenvalue weighted by Gasteiger charge is 2.15. The van der Waals surface area contributed by atoms with E-state index in [2.05, 4.69) is 10.4 Å². The summed E-state index contributed by atoms with van der Waals surface area (Å²) in [5, 5.41) is 18.5. The maximum absolute atomic E-state index is 10.9. The molecule has 2 aromatic rings. The molecular formula is C12H13ClN4O2. The van der Waals surface area contributed by atoms with E-state index in [0.717, 1.165) is 0 Å². The fraction of sp³-hybridized carbons (Fsp3) is 0.250. The van der Waals surface area contributed by atoms with Gasteiger partial charge < -0.3 is 5.32 Å². The number of rotatable bonds is 6. The Morgan fingerprint density at radius 3 is 2.95 bits per heavy atom. The van der Waals surface area contributed by atoms with Gasteiger partial charge in [0.05, 0.1) is 22.1 Å². The number of hydrogen-bond acceptors (Lipinski definition) is 4. The van der Waals surface area contributed by atoms with Gasteiger partial charge in [-0.3, -0.25) is 14.8 Å². The zero-order valence-electron chi connectivity index (χ0n) is 10.1.